The van der Waals surface area contributed by atoms with Gasteiger partial charge in [0.15, 0.2) is 0 Å². The molecule has 0 aliphatic rings. The molecule has 0 aliphatic carbocycles. The van der Waals surface area contributed by atoms with Gasteiger partial charge in [0.05, 0.1) is 0 Å². The Bertz CT molecular complexity index is 770. The zero-order valence-electron chi connectivity index (χ0n) is 10.1. The van der Waals surface area contributed by atoms with Gasteiger partial charge < -0.3 is 5.11 Å². The van der Waals surface area contributed by atoms with Crippen LogP contribution in [0.4, 0.5) is 5.82 Å². The molecule has 106 valence electrons. The zero-order chi connectivity index (χ0) is 14.9. The first kappa shape index (κ1) is 14.8. The first-order valence-electron chi connectivity index (χ1n) is 5.27. The molecular formula is C11H9ClN2O4S2. The molecular weight excluding hydrogens is 324 g/mol. The molecule has 0 saturated carbocycles. The maximum absolute atomic E-state index is 12.3. The summed E-state index contributed by atoms with van der Waals surface area (Å²) in [6.07, 6.45) is 1.35. The van der Waals surface area contributed by atoms with Crippen LogP contribution in [0.1, 0.15) is 15.2 Å². The zero-order valence-corrected chi connectivity index (χ0v) is 12.5. The minimum atomic E-state index is -4.03. The van der Waals surface area contributed by atoms with Crippen LogP contribution < -0.4 is 4.72 Å². The van der Waals surface area contributed by atoms with Crippen LogP contribution in [0, 0.1) is 6.92 Å². The summed E-state index contributed by atoms with van der Waals surface area (Å²) in [4.78, 5) is 14.4. The lowest BCUT2D eigenvalue weighted by Crippen LogP contribution is -2.17. The number of carboxylic acids is 1. The van der Waals surface area contributed by atoms with Gasteiger partial charge in [-0.15, -0.1) is 11.3 Å². The topological polar surface area (TPSA) is 96.4 Å². The number of anilines is 1. The summed E-state index contributed by atoms with van der Waals surface area (Å²) >= 11 is 6.60. The Morgan fingerprint density at radius 1 is 1.50 bits per heavy atom. The van der Waals surface area contributed by atoms with E-state index in [0.29, 0.717) is 10.6 Å². The van der Waals surface area contributed by atoms with Gasteiger partial charge in [0.25, 0.3) is 10.0 Å². The van der Waals surface area contributed by atoms with Crippen molar-refractivity contribution < 1.29 is 18.3 Å². The van der Waals surface area contributed by atoms with E-state index in [9.17, 15) is 13.2 Å². The molecule has 0 saturated heterocycles. The van der Waals surface area contributed by atoms with E-state index in [2.05, 4.69) is 9.71 Å². The van der Waals surface area contributed by atoms with Gasteiger partial charge >= 0.3 is 5.97 Å². The molecule has 2 rings (SSSR count). The van der Waals surface area contributed by atoms with Crippen molar-refractivity contribution >= 4 is 44.7 Å². The summed E-state index contributed by atoms with van der Waals surface area (Å²) in [5, 5.41) is 10.8. The van der Waals surface area contributed by atoms with Gasteiger partial charge in [-0.1, -0.05) is 11.6 Å². The number of hydrogen-bond acceptors (Lipinski definition) is 5. The van der Waals surface area contributed by atoms with E-state index in [1.807, 2.05) is 0 Å². The van der Waals surface area contributed by atoms with Gasteiger partial charge in [0.2, 0.25) is 0 Å². The Kier molecular flexibility index (Phi) is 3.98. The van der Waals surface area contributed by atoms with Crippen molar-refractivity contribution in [1.82, 2.24) is 4.98 Å². The number of carbonyl (C=O) groups is 1. The second kappa shape index (κ2) is 5.39. The number of aryl methyl sites for hydroxylation is 1. The Hall–Kier alpha value is -1.64. The van der Waals surface area contributed by atoms with Crippen molar-refractivity contribution in [1.29, 1.82) is 0 Å². The van der Waals surface area contributed by atoms with Crippen LogP contribution in [0.5, 0.6) is 0 Å². The fraction of sp³-hybridized carbons (Fsp3) is 0.0909. The fourth-order valence-corrected chi connectivity index (χ4v) is 4.36. The molecule has 2 heterocycles. The van der Waals surface area contributed by atoms with E-state index in [0.717, 1.165) is 11.3 Å². The van der Waals surface area contributed by atoms with Crippen molar-refractivity contribution in [3.63, 3.8) is 0 Å². The van der Waals surface area contributed by atoms with E-state index < -0.39 is 16.0 Å². The maximum atomic E-state index is 12.3. The number of aromatic nitrogens is 1. The molecule has 6 nitrogen and oxygen atoms in total. The second-order valence-corrected chi connectivity index (χ2v) is 6.78. The van der Waals surface area contributed by atoms with Crippen LogP contribution >= 0.6 is 22.9 Å². The van der Waals surface area contributed by atoms with Crippen LogP contribution in [0.25, 0.3) is 0 Å². The lowest BCUT2D eigenvalue weighted by Gasteiger charge is -2.08. The third-order valence-electron chi connectivity index (χ3n) is 2.34. The average Bonchev–Trinajstić information content (AvgIpc) is 2.71. The smallest absolute Gasteiger partial charge is 0.347 e. The number of rotatable bonds is 4. The average molecular weight is 333 g/mol. The SMILES string of the molecule is Cc1csc(C(=O)O)c1S(=O)(=O)Nc1cc(Cl)ccn1. The van der Waals surface area contributed by atoms with Crippen LogP contribution in [-0.2, 0) is 10.0 Å². The molecule has 2 aromatic rings. The number of hydrogen-bond donors (Lipinski definition) is 2. The number of nitrogens with zero attached hydrogens (tertiary/aromatic N) is 1. The van der Waals surface area contributed by atoms with Gasteiger partial charge in [0, 0.05) is 17.3 Å². The maximum Gasteiger partial charge on any atom is 0.347 e. The van der Waals surface area contributed by atoms with Crippen LogP contribution in [0.15, 0.2) is 28.6 Å². The van der Waals surface area contributed by atoms with Crippen molar-refractivity contribution in [2.45, 2.75) is 11.8 Å². The van der Waals surface area contributed by atoms with Gasteiger partial charge in [-0.05, 0) is 23.9 Å². The number of halogens is 1. The van der Waals surface area contributed by atoms with Crippen molar-refractivity contribution in [3.05, 3.63) is 39.2 Å². The Balaban J connectivity index is 2.46. The first-order valence-corrected chi connectivity index (χ1v) is 8.01. The summed E-state index contributed by atoms with van der Waals surface area (Å²) in [5.41, 5.74) is 0.363. The lowest BCUT2D eigenvalue weighted by molar-refractivity contribution is 0.0698. The van der Waals surface area contributed by atoms with E-state index in [-0.39, 0.29) is 15.6 Å². The third-order valence-corrected chi connectivity index (χ3v) is 5.33. The summed E-state index contributed by atoms with van der Waals surface area (Å²) in [7, 11) is -4.03. The molecule has 0 aliphatic heterocycles. The van der Waals surface area contributed by atoms with Crippen molar-refractivity contribution in [3.8, 4) is 0 Å². The largest absolute Gasteiger partial charge is 0.477 e. The number of sulfonamides is 1. The second-order valence-electron chi connectivity index (χ2n) is 3.85. The van der Waals surface area contributed by atoms with E-state index in [1.165, 1.54) is 30.6 Å². The van der Waals surface area contributed by atoms with E-state index in [4.69, 9.17) is 16.7 Å². The monoisotopic (exact) mass is 332 g/mol. The molecule has 0 atom stereocenters. The fourth-order valence-electron chi connectivity index (χ4n) is 1.56. The molecule has 0 amide bonds. The standard InChI is InChI=1S/C11H9ClN2O4S2/c1-6-5-19-9(11(15)16)10(6)20(17,18)14-8-4-7(12)2-3-13-8/h2-5H,1H3,(H,13,14)(H,15,16). The minimum absolute atomic E-state index is 0.0273. The summed E-state index contributed by atoms with van der Waals surface area (Å²) < 4.78 is 26.8. The summed E-state index contributed by atoms with van der Waals surface area (Å²) in [5.74, 6) is -1.26. The molecule has 0 bridgehead atoms. The molecule has 0 unspecified atom stereocenters. The Labute approximate surface area is 124 Å². The van der Waals surface area contributed by atoms with Gasteiger partial charge in [-0.2, -0.15) is 0 Å². The number of pyridine rings is 1. The number of aromatic carboxylic acids is 1. The summed E-state index contributed by atoms with van der Waals surface area (Å²) in [6.45, 7) is 1.53. The molecule has 20 heavy (non-hydrogen) atoms. The highest BCUT2D eigenvalue weighted by Crippen LogP contribution is 2.28. The Morgan fingerprint density at radius 3 is 2.80 bits per heavy atom. The molecule has 0 spiro atoms. The molecule has 0 fully saturated rings. The molecule has 2 N–H and O–H groups in total. The van der Waals surface area contributed by atoms with E-state index >= 15 is 0 Å². The normalized spacial score (nSPS) is 11.3. The highest BCUT2D eigenvalue weighted by atomic mass is 35.5. The quantitative estimate of drug-likeness (QED) is 0.897. The van der Waals surface area contributed by atoms with Gasteiger partial charge in [0.1, 0.15) is 15.6 Å². The third kappa shape index (κ3) is 2.92. The highest BCUT2D eigenvalue weighted by molar-refractivity contribution is 7.93. The van der Waals surface area contributed by atoms with Gasteiger partial charge in [-0.3, -0.25) is 4.72 Å². The van der Waals surface area contributed by atoms with Gasteiger partial charge in [-0.25, -0.2) is 18.2 Å². The van der Waals surface area contributed by atoms with Crippen molar-refractivity contribution in [2.24, 2.45) is 0 Å². The minimum Gasteiger partial charge on any atom is -0.477 e. The Morgan fingerprint density at radius 2 is 2.20 bits per heavy atom. The lowest BCUT2D eigenvalue weighted by atomic mass is 10.3. The molecule has 0 aromatic carbocycles. The van der Waals surface area contributed by atoms with Crippen molar-refractivity contribution in [2.75, 3.05) is 4.72 Å². The highest BCUT2D eigenvalue weighted by Gasteiger charge is 2.27. The van der Waals surface area contributed by atoms with E-state index in [1.54, 1.807) is 0 Å². The predicted molar refractivity (Wildman–Crippen MR) is 76.1 cm³/mol. The number of carboxylic acid groups (broad SMARTS) is 1. The number of nitrogens with one attached hydrogen (secondary N) is 1. The summed E-state index contributed by atoms with van der Waals surface area (Å²) in [6, 6.07) is 2.83. The van der Waals surface area contributed by atoms with Crippen LogP contribution in [0.2, 0.25) is 5.02 Å². The number of thiophene rings is 1. The molecule has 2 aromatic heterocycles. The predicted octanol–water partition coefficient (Wildman–Crippen LogP) is 2.60. The van der Waals surface area contributed by atoms with Crippen LogP contribution in [0.3, 0.4) is 0 Å². The molecule has 9 heteroatoms. The van der Waals surface area contributed by atoms with Crippen LogP contribution in [-0.4, -0.2) is 24.5 Å². The first-order chi connectivity index (χ1) is 9.31. The molecule has 0 radical (unpaired) electrons.